The molecule has 2 aromatic rings. The van der Waals surface area contributed by atoms with Gasteiger partial charge < -0.3 is 20.1 Å². The number of carbonyl (C=O) groups is 2. The van der Waals surface area contributed by atoms with Crippen LogP contribution in [-0.2, 0) is 11.3 Å². The average molecular weight is 430 g/mol. The van der Waals surface area contributed by atoms with Gasteiger partial charge in [-0.3, -0.25) is 9.59 Å². The Morgan fingerprint density at radius 2 is 1.94 bits per heavy atom. The summed E-state index contributed by atoms with van der Waals surface area (Å²) in [4.78, 5) is 42.0. The minimum Gasteiger partial charge on any atom is -0.509 e. The average Bonchev–Trinajstić information content (AvgIpc) is 3.17. The number of hydrogen-bond donors (Lipinski definition) is 1. The fourth-order valence-electron chi connectivity index (χ4n) is 3.70. The third-order valence-electron chi connectivity index (χ3n) is 5.24. The molecule has 0 fully saturated rings. The largest absolute Gasteiger partial charge is 0.509 e. The molecule has 10 heteroatoms. The fraction of sp³-hybridized carbons (Fsp3) is 0.381. The predicted molar refractivity (Wildman–Crippen MR) is 109 cm³/mol. The molecule has 1 N–H and O–H groups in total. The molecule has 1 aromatic carbocycles. The monoisotopic (exact) mass is 430 g/mol. The number of hydrogen-bond acceptors (Lipinski definition) is 6. The van der Waals surface area contributed by atoms with Crippen molar-refractivity contribution in [3.05, 3.63) is 69.1 Å². The van der Waals surface area contributed by atoms with Crippen LogP contribution in [0.15, 0.2) is 41.8 Å². The minimum absolute atomic E-state index is 0.0402. The van der Waals surface area contributed by atoms with Gasteiger partial charge in [-0.1, -0.05) is 13.8 Å². The molecule has 0 bridgehead atoms. The summed E-state index contributed by atoms with van der Waals surface area (Å²) in [5.74, 6) is -1.88. The Bertz CT molecular complexity index is 1060. The van der Waals surface area contributed by atoms with E-state index in [0.717, 1.165) is 18.3 Å². The molecule has 1 aliphatic rings. The van der Waals surface area contributed by atoms with E-state index in [2.05, 4.69) is 4.98 Å². The number of aliphatic hydroxyl groups excluding tert-OH is 1. The van der Waals surface area contributed by atoms with E-state index in [1.165, 1.54) is 21.6 Å². The summed E-state index contributed by atoms with van der Waals surface area (Å²) in [6.07, 6.45) is 1.55. The molecule has 0 radical (unpaired) electrons. The van der Waals surface area contributed by atoms with E-state index in [-0.39, 0.29) is 41.7 Å². The predicted octanol–water partition coefficient (Wildman–Crippen LogP) is 3.19. The zero-order chi connectivity index (χ0) is 22.9. The van der Waals surface area contributed by atoms with Gasteiger partial charge in [-0.05, 0) is 41.5 Å². The van der Waals surface area contributed by atoms with Crippen molar-refractivity contribution in [3.8, 4) is 0 Å². The number of Topliss-reactive ketones (excluding diaryl/α,β-unsaturated/α-hetero) is 1. The highest BCUT2D eigenvalue weighted by Crippen LogP contribution is 2.31. The Kier molecular flexibility index (Phi) is 6.19. The molecular formula is C21H23FN4O5. The van der Waals surface area contributed by atoms with E-state index < -0.39 is 28.5 Å². The third kappa shape index (κ3) is 4.32. The van der Waals surface area contributed by atoms with Crippen LogP contribution >= 0.6 is 0 Å². The topological polar surface area (TPSA) is 119 Å². The number of amides is 1. The first-order valence-electron chi connectivity index (χ1n) is 9.82. The molecule has 1 unspecified atom stereocenters. The maximum Gasteiger partial charge on any atom is 0.342 e. The molecule has 9 nitrogen and oxygen atoms in total. The lowest BCUT2D eigenvalue weighted by Crippen LogP contribution is -2.39. The van der Waals surface area contributed by atoms with Crippen molar-refractivity contribution in [1.82, 2.24) is 14.5 Å². The van der Waals surface area contributed by atoms with Gasteiger partial charge in [0.2, 0.25) is 5.78 Å². The van der Waals surface area contributed by atoms with Crippen LogP contribution in [0.4, 0.5) is 10.2 Å². The lowest BCUT2D eigenvalue weighted by atomic mass is 9.99. The number of nitro groups is 1. The summed E-state index contributed by atoms with van der Waals surface area (Å²) in [5.41, 5.74) is -0.267. The summed E-state index contributed by atoms with van der Waals surface area (Å²) in [7, 11) is 0. The molecule has 2 heterocycles. The van der Waals surface area contributed by atoms with Gasteiger partial charge in [0.05, 0.1) is 12.6 Å². The summed E-state index contributed by atoms with van der Waals surface area (Å²) < 4.78 is 14.6. The fourth-order valence-corrected chi connectivity index (χ4v) is 3.70. The second-order valence-corrected chi connectivity index (χ2v) is 7.81. The van der Waals surface area contributed by atoms with E-state index in [4.69, 9.17) is 0 Å². The highest BCUT2D eigenvalue weighted by molar-refractivity contribution is 6.27. The van der Waals surface area contributed by atoms with Crippen LogP contribution in [0.5, 0.6) is 0 Å². The Morgan fingerprint density at radius 1 is 1.29 bits per heavy atom. The van der Waals surface area contributed by atoms with Gasteiger partial charge in [-0.25, -0.2) is 13.9 Å². The lowest BCUT2D eigenvalue weighted by molar-refractivity contribution is -0.392. The molecule has 1 amide bonds. The van der Waals surface area contributed by atoms with Gasteiger partial charge >= 0.3 is 5.82 Å². The number of rotatable bonds is 8. The smallest absolute Gasteiger partial charge is 0.342 e. The molecule has 0 saturated carbocycles. The van der Waals surface area contributed by atoms with Crippen molar-refractivity contribution >= 4 is 17.5 Å². The van der Waals surface area contributed by atoms with E-state index in [0.29, 0.717) is 12.2 Å². The van der Waals surface area contributed by atoms with Crippen molar-refractivity contribution in [1.29, 1.82) is 0 Å². The van der Waals surface area contributed by atoms with Crippen LogP contribution in [0.2, 0.25) is 0 Å². The quantitative estimate of drug-likeness (QED) is 0.297. The van der Waals surface area contributed by atoms with E-state index in [1.807, 2.05) is 13.8 Å². The Balaban J connectivity index is 1.90. The van der Waals surface area contributed by atoms with Crippen molar-refractivity contribution in [3.63, 3.8) is 0 Å². The molecule has 164 valence electrons. The number of imidazole rings is 1. The number of aryl methyl sites for hydroxylation is 1. The zero-order valence-electron chi connectivity index (χ0n) is 17.4. The van der Waals surface area contributed by atoms with Gasteiger partial charge in [-0.15, -0.1) is 0 Å². The molecule has 1 aliphatic heterocycles. The van der Waals surface area contributed by atoms with Crippen LogP contribution in [0.25, 0.3) is 0 Å². The maximum absolute atomic E-state index is 13.2. The van der Waals surface area contributed by atoms with Crippen LogP contribution in [0.3, 0.4) is 0 Å². The minimum atomic E-state index is -0.727. The van der Waals surface area contributed by atoms with E-state index in [1.54, 1.807) is 6.92 Å². The highest BCUT2D eigenvalue weighted by Gasteiger charge is 2.43. The van der Waals surface area contributed by atoms with Crippen molar-refractivity contribution in [2.24, 2.45) is 5.92 Å². The maximum atomic E-state index is 13.2. The molecule has 3 rings (SSSR count). The summed E-state index contributed by atoms with van der Waals surface area (Å²) >= 11 is 0. The number of benzene rings is 1. The Hall–Kier alpha value is -3.56. The van der Waals surface area contributed by atoms with Crippen LogP contribution < -0.4 is 0 Å². The lowest BCUT2D eigenvalue weighted by Gasteiger charge is -2.26. The number of nitrogens with zero attached hydrogens (tertiary/aromatic N) is 4. The molecule has 0 spiro atoms. The van der Waals surface area contributed by atoms with E-state index >= 15 is 0 Å². The summed E-state index contributed by atoms with van der Waals surface area (Å²) in [5, 5.41) is 22.0. The third-order valence-corrected chi connectivity index (χ3v) is 5.24. The SMILES string of the molecule is Cc1ncc([N+](=O)[O-])n1CCN1C(=O)C(C(=O)c2ccc(F)cc2)=C(O)C1CC(C)C. The molecule has 0 aliphatic carbocycles. The number of ketones is 1. The van der Waals surface area contributed by atoms with Crippen molar-refractivity contribution in [2.45, 2.75) is 39.8 Å². The first-order chi connectivity index (χ1) is 14.6. The Labute approximate surface area is 178 Å². The van der Waals surface area contributed by atoms with Crippen LogP contribution in [-0.4, -0.2) is 48.8 Å². The first kappa shape index (κ1) is 22.1. The normalized spacial score (nSPS) is 16.5. The highest BCUT2D eigenvalue weighted by atomic mass is 19.1. The van der Waals surface area contributed by atoms with Crippen LogP contribution in [0, 0.1) is 28.8 Å². The zero-order valence-corrected chi connectivity index (χ0v) is 17.4. The molecule has 1 aromatic heterocycles. The summed E-state index contributed by atoms with van der Waals surface area (Å²) in [6.45, 7) is 5.57. The summed E-state index contributed by atoms with van der Waals surface area (Å²) in [6, 6.07) is 3.99. The number of carbonyl (C=O) groups excluding carboxylic acids is 2. The number of aromatic nitrogens is 2. The van der Waals surface area contributed by atoms with E-state index in [9.17, 15) is 29.2 Å². The molecule has 1 atom stereocenters. The standard InChI is InChI=1S/C21H23FN4O5/c1-12(2)10-16-20(28)18(19(27)14-4-6-15(22)7-5-14)21(29)25(16)9-8-24-13(3)23-11-17(24)26(30)31/h4-7,11-12,16,28H,8-10H2,1-3H3. The number of halogens is 1. The van der Waals surface area contributed by atoms with Gasteiger partial charge in [0, 0.05) is 12.5 Å². The second kappa shape index (κ2) is 8.66. The van der Waals surface area contributed by atoms with Gasteiger partial charge in [0.1, 0.15) is 29.9 Å². The van der Waals surface area contributed by atoms with Crippen molar-refractivity contribution < 1.29 is 24.0 Å². The molecular weight excluding hydrogens is 407 g/mol. The Morgan fingerprint density at radius 3 is 2.52 bits per heavy atom. The first-order valence-corrected chi connectivity index (χ1v) is 9.82. The second-order valence-electron chi connectivity index (χ2n) is 7.81. The molecule has 31 heavy (non-hydrogen) atoms. The van der Waals surface area contributed by atoms with Crippen molar-refractivity contribution in [2.75, 3.05) is 6.54 Å². The van der Waals surface area contributed by atoms with Gasteiger partial charge in [0.25, 0.3) is 5.91 Å². The van der Waals surface area contributed by atoms with Gasteiger partial charge in [-0.2, -0.15) is 0 Å². The van der Waals surface area contributed by atoms with Gasteiger partial charge in [0.15, 0.2) is 5.82 Å². The number of aliphatic hydroxyl groups is 1. The molecule has 0 saturated heterocycles. The van der Waals surface area contributed by atoms with Crippen LogP contribution in [0.1, 0.15) is 36.5 Å².